The Hall–Kier alpha value is -1.93. The Labute approximate surface area is 365 Å². The second-order valence-electron chi connectivity index (χ2n) is 20.7. The zero-order chi connectivity index (χ0) is 44.7. The lowest BCUT2D eigenvalue weighted by molar-refractivity contribution is -0.409. The summed E-state index contributed by atoms with van der Waals surface area (Å²) in [6.07, 6.45) is 10.4. The highest BCUT2D eigenvalue weighted by Crippen LogP contribution is 2.55. The van der Waals surface area contributed by atoms with Gasteiger partial charge in [-0.3, -0.25) is 14.4 Å². The molecular formula is C49H80O12. The van der Waals surface area contributed by atoms with E-state index in [0.29, 0.717) is 57.8 Å². The molecule has 0 aromatic heterocycles. The number of carboxylic acid groups (broad SMARTS) is 1. The molecule has 5 fully saturated rings. The van der Waals surface area contributed by atoms with E-state index in [-0.39, 0.29) is 53.7 Å². The number of aliphatic hydroxyl groups is 2. The first-order valence-electron chi connectivity index (χ1n) is 24.2. The molecule has 12 heteroatoms. The van der Waals surface area contributed by atoms with Gasteiger partial charge in [-0.05, 0) is 108 Å². The summed E-state index contributed by atoms with van der Waals surface area (Å²) in [6, 6.07) is 0. The van der Waals surface area contributed by atoms with Crippen LogP contribution in [0.25, 0.3) is 0 Å². The van der Waals surface area contributed by atoms with Gasteiger partial charge in [0.05, 0.1) is 59.7 Å². The predicted molar refractivity (Wildman–Crippen MR) is 229 cm³/mol. The van der Waals surface area contributed by atoms with E-state index in [2.05, 4.69) is 20.8 Å². The predicted octanol–water partition coefficient (Wildman–Crippen LogP) is 8.32. The van der Waals surface area contributed by atoms with Gasteiger partial charge in [0, 0.05) is 30.1 Å². The van der Waals surface area contributed by atoms with Gasteiger partial charge in [-0.25, -0.2) is 0 Å². The van der Waals surface area contributed by atoms with Crippen LogP contribution < -0.4 is 0 Å². The minimum absolute atomic E-state index is 0.0141. The van der Waals surface area contributed by atoms with E-state index in [4.69, 9.17) is 28.4 Å². The van der Waals surface area contributed by atoms with Crippen LogP contribution in [0.2, 0.25) is 0 Å². The van der Waals surface area contributed by atoms with E-state index in [1.165, 1.54) is 0 Å². The number of carbonyl (C=O) groups excluding carboxylic acids is 2. The van der Waals surface area contributed by atoms with E-state index in [0.717, 1.165) is 38.5 Å². The highest BCUT2D eigenvalue weighted by Gasteiger charge is 2.64. The molecule has 6 rings (SSSR count). The zero-order valence-corrected chi connectivity index (χ0v) is 38.9. The van der Waals surface area contributed by atoms with E-state index in [1.54, 1.807) is 6.92 Å². The van der Waals surface area contributed by atoms with Crippen LogP contribution in [0, 0.1) is 47.3 Å². The quantitative estimate of drug-likeness (QED) is 0.113. The first-order valence-corrected chi connectivity index (χ1v) is 24.2. The van der Waals surface area contributed by atoms with Gasteiger partial charge in [0.2, 0.25) is 5.79 Å². The van der Waals surface area contributed by atoms with Gasteiger partial charge >= 0.3 is 11.9 Å². The summed E-state index contributed by atoms with van der Waals surface area (Å²) in [5, 5.41) is 33.0. The number of esters is 1. The number of rotatable bonds is 14. The summed E-state index contributed by atoms with van der Waals surface area (Å²) in [5.41, 5.74) is -1.71. The van der Waals surface area contributed by atoms with Gasteiger partial charge in [-0.1, -0.05) is 74.7 Å². The monoisotopic (exact) mass is 861 g/mol. The van der Waals surface area contributed by atoms with Crippen molar-refractivity contribution in [3.63, 3.8) is 0 Å². The van der Waals surface area contributed by atoms with Crippen molar-refractivity contribution in [1.82, 2.24) is 0 Å². The topological polar surface area (TPSA) is 167 Å². The van der Waals surface area contributed by atoms with Crippen molar-refractivity contribution < 1.29 is 58.1 Å². The van der Waals surface area contributed by atoms with Crippen molar-refractivity contribution in [3.8, 4) is 0 Å². The maximum Gasteiger partial charge on any atom is 0.309 e. The molecule has 0 amide bonds. The average Bonchev–Trinajstić information content (AvgIpc) is 3.58. The minimum Gasteiger partial charge on any atom is -0.481 e. The molecule has 0 bridgehead atoms. The van der Waals surface area contributed by atoms with Crippen molar-refractivity contribution >= 4 is 17.7 Å². The largest absolute Gasteiger partial charge is 0.481 e. The molecule has 0 radical (unpaired) electrons. The molecule has 5 heterocycles. The Morgan fingerprint density at radius 3 is 2.15 bits per heavy atom. The third-order valence-corrected chi connectivity index (χ3v) is 16.6. The van der Waals surface area contributed by atoms with Gasteiger partial charge in [0.1, 0.15) is 5.78 Å². The fourth-order valence-corrected chi connectivity index (χ4v) is 12.2. The van der Waals surface area contributed by atoms with Crippen molar-refractivity contribution in [2.75, 3.05) is 0 Å². The van der Waals surface area contributed by atoms with Crippen molar-refractivity contribution in [3.05, 3.63) is 12.2 Å². The molecule has 0 unspecified atom stereocenters. The normalized spacial score (nSPS) is 43.4. The second-order valence-corrected chi connectivity index (χ2v) is 20.7. The summed E-state index contributed by atoms with van der Waals surface area (Å²) in [6.45, 7) is 19.7. The molecule has 1 aliphatic carbocycles. The smallest absolute Gasteiger partial charge is 0.309 e. The third-order valence-electron chi connectivity index (χ3n) is 16.6. The number of carbonyl (C=O) groups is 3. The molecular weight excluding hydrogens is 781 g/mol. The SMILES string of the molecule is CC[C@@H](C(=O)[C@@H](C)[C@@H](O)[C@H](C)[C@@H]1O[C@@H]([C@@H](CC)C(=O)O)CC[C@@H]1C)[C@H]1O[C@]2(C=C[C@@H](OC(=O)C3CCCCC3)[C@]3(CC[C@@](C)([C@H]4CC[C@](O)(CC)[C@H](C)O4)O3)O2)[C@H](C)C[C@@H]1C. The third kappa shape index (κ3) is 9.58. The van der Waals surface area contributed by atoms with E-state index in [1.807, 2.05) is 53.7 Å². The van der Waals surface area contributed by atoms with Gasteiger partial charge in [-0.2, -0.15) is 0 Å². The molecule has 348 valence electrons. The number of hydrogen-bond acceptors (Lipinski definition) is 11. The number of hydrogen-bond donors (Lipinski definition) is 3. The molecule has 1 saturated carbocycles. The first-order chi connectivity index (χ1) is 28.8. The molecule has 0 aromatic carbocycles. The number of ether oxygens (including phenoxy) is 6. The van der Waals surface area contributed by atoms with Crippen LogP contribution in [0.15, 0.2) is 12.2 Å². The van der Waals surface area contributed by atoms with Crippen LogP contribution >= 0.6 is 0 Å². The summed E-state index contributed by atoms with van der Waals surface area (Å²) < 4.78 is 41.0. The summed E-state index contributed by atoms with van der Waals surface area (Å²) in [5.74, 6) is -6.41. The minimum atomic E-state index is -1.38. The van der Waals surface area contributed by atoms with Gasteiger partial charge in [0.25, 0.3) is 0 Å². The van der Waals surface area contributed by atoms with Crippen molar-refractivity contribution in [2.24, 2.45) is 47.3 Å². The molecule has 2 spiro atoms. The molecule has 5 aliphatic heterocycles. The van der Waals surface area contributed by atoms with Crippen LogP contribution in [0.3, 0.4) is 0 Å². The highest BCUT2D eigenvalue weighted by molar-refractivity contribution is 5.84. The maximum atomic E-state index is 14.7. The molecule has 0 aromatic rings. The Kier molecular flexibility index (Phi) is 15.3. The molecule has 3 N–H and O–H groups in total. The van der Waals surface area contributed by atoms with E-state index in [9.17, 15) is 29.7 Å². The van der Waals surface area contributed by atoms with E-state index >= 15 is 0 Å². The summed E-state index contributed by atoms with van der Waals surface area (Å²) in [7, 11) is 0. The summed E-state index contributed by atoms with van der Waals surface area (Å²) >= 11 is 0. The van der Waals surface area contributed by atoms with Gasteiger partial charge in [0.15, 0.2) is 11.9 Å². The number of Topliss-reactive ketones (excluding diaryl/α,β-unsaturated/α-hetero) is 1. The molecule has 18 atom stereocenters. The molecule has 6 aliphatic rings. The molecule has 61 heavy (non-hydrogen) atoms. The Balaban J connectivity index is 1.24. The van der Waals surface area contributed by atoms with Crippen LogP contribution in [-0.4, -0.2) is 98.5 Å². The zero-order valence-electron chi connectivity index (χ0n) is 38.9. The lowest BCUT2D eigenvalue weighted by atomic mass is 9.72. The van der Waals surface area contributed by atoms with Crippen LogP contribution in [-0.2, 0) is 42.8 Å². The highest BCUT2D eigenvalue weighted by atomic mass is 16.8. The van der Waals surface area contributed by atoms with Crippen LogP contribution in [0.1, 0.15) is 166 Å². The molecule has 4 saturated heterocycles. The van der Waals surface area contributed by atoms with Crippen molar-refractivity contribution in [2.45, 2.75) is 231 Å². The van der Waals surface area contributed by atoms with Crippen molar-refractivity contribution in [1.29, 1.82) is 0 Å². The second kappa shape index (κ2) is 19.3. The van der Waals surface area contributed by atoms with E-state index < -0.39 is 76.8 Å². The number of aliphatic carboxylic acids is 1. The number of carboxylic acids is 1. The van der Waals surface area contributed by atoms with Crippen LogP contribution in [0.5, 0.6) is 0 Å². The maximum absolute atomic E-state index is 14.7. The van der Waals surface area contributed by atoms with Gasteiger partial charge in [-0.15, -0.1) is 0 Å². The molecule has 12 nitrogen and oxygen atoms in total. The standard InChI is InChI=1S/C49H80O12/c1-11-35(44(52)53)37-20-19-28(4)42(57-37)32(8)40(50)31(7)41(51)36(12-2)43-29(5)27-30(6)48(59-43)24-22-39(58-45(54)34-17-15-14-16-18-34)49(61-48)26-25-46(10,60-49)38-21-23-47(55,13-3)33(9)56-38/h22,24,28-40,42-43,50,55H,11-21,23,25-27H2,1-10H3,(H,52,53)/t28-,29-,30+,31-,32-,33-,35+,36-,37+,38+,39+,40+,42+,43-,46-,47+,48-,49-/m0/s1. The lowest BCUT2D eigenvalue weighted by Gasteiger charge is -2.54. The summed E-state index contributed by atoms with van der Waals surface area (Å²) in [4.78, 5) is 40.5. The fourth-order valence-electron chi connectivity index (χ4n) is 12.2. The fraction of sp³-hybridized carbons (Fsp3) is 0.898. The first kappa shape index (κ1) is 48.5. The Morgan fingerprint density at radius 2 is 1.52 bits per heavy atom. The lowest BCUT2D eigenvalue weighted by Crippen LogP contribution is -2.63. The van der Waals surface area contributed by atoms with Crippen LogP contribution in [0.4, 0.5) is 0 Å². The Morgan fingerprint density at radius 1 is 0.836 bits per heavy atom. The average molecular weight is 861 g/mol. The number of ketones is 1. The Bertz CT molecular complexity index is 1560. The van der Waals surface area contributed by atoms with Gasteiger partial charge < -0.3 is 43.7 Å². The number of aliphatic hydroxyl groups excluding tert-OH is 1.